The summed E-state index contributed by atoms with van der Waals surface area (Å²) in [7, 11) is 0. The van der Waals surface area contributed by atoms with Crippen molar-refractivity contribution in [2.45, 2.75) is 33.1 Å². The van der Waals surface area contributed by atoms with E-state index in [1.807, 2.05) is 0 Å². The molecule has 3 rings (SSSR count). The minimum absolute atomic E-state index is 0.0714. The van der Waals surface area contributed by atoms with E-state index < -0.39 is 17.7 Å². The average Bonchev–Trinajstić information content (AvgIpc) is 2.61. The number of esters is 1. The Kier molecular flexibility index (Phi) is 4.64. The van der Waals surface area contributed by atoms with Gasteiger partial charge in [-0.3, -0.25) is 14.4 Å². The predicted octanol–water partition coefficient (Wildman–Crippen LogP) is 3.61. The second-order valence-electron chi connectivity index (χ2n) is 6.62. The second kappa shape index (κ2) is 6.75. The van der Waals surface area contributed by atoms with Gasteiger partial charge in [0.05, 0.1) is 23.0 Å². The Morgan fingerprint density at radius 3 is 2.31 bits per heavy atom. The van der Waals surface area contributed by atoms with Crippen LogP contribution < -0.4 is 4.74 Å². The van der Waals surface area contributed by atoms with Crippen LogP contribution in [0.5, 0.6) is 11.5 Å². The fraction of sp³-hybridized carbons (Fsp3) is 0.286. The van der Waals surface area contributed by atoms with Gasteiger partial charge in [-0.2, -0.15) is 0 Å². The molecule has 2 aromatic rings. The van der Waals surface area contributed by atoms with Gasteiger partial charge in [-0.25, -0.2) is 0 Å². The fourth-order valence-electron chi connectivity index (χ4n) is 3.23. The van der Waals surface area contributed by atoms with E-state index in [0.29, 0.717) is 11.1 Å². The van der Waals surface area contributed by atoms with Crippen molar-refractivity contribution in [2.75, 3.05) is 0 Å². The molecule has 5 nitrogen and oxygen atoms in total. The molecule has 5 heteroatoms. The van der Waals surface area contributed by atoms with Crippen LogP contribution in [-0.2, 0) is 9.59 Å². The van der Waals surface area contributed by atoms with Crippen LogP contribution >= 0.6 is 0 Å². The van der Waals surface area contributed by atoms with Gasteiger partial charge in [0.15, 0.2) is 0 Å². The van der Waals surface area contributed by atoms with E-state index in [0.717, 1.165) is 0 Å². The van der Waals surface area contributed by atoms with Crippen LogP contribution in [0, 0.1) is 5.92 Å². The van der Waals surface area contributed by atoms with Crippen molar-refractivity contribution in [3.63, 3.8) is 0 Å². The Bertz CT molecular complexity index is 911. The molecule has 134 valence electrons. The van der Waals surface area contributed by atoms with Crippen LogP contribution in [0.4, 0.5) is 0 Å². The van der Waals surface area contributed by atoms with Crippen LogP contribution in [0.25, 0.3) is 0 Å². The van der Waals surface area contributed by atoms with E-state index in [-0.39, 0.29) is 40.7 Å². The topological polar surface area (TPSA) is 80.7 Å². The first kappa shape index (κ1) is 17.9. The van der Waals surface area contributed by atoms with E-state index in [4.69, 9.17) is 4.74 Å². The number of aromatic hydroxyl groups is 1. The lowest BCUT2D eigenvalue weighted by Crippen LogP contribution is -2.26. The summed E-state index contributed by atoms with van der Waals surface area (Å²) in [6, 6.07) is 9.61. The molecule has 0 spiro atoms. The lowest BCUT2D eigenvalue weighted by atomic mass is 9.74. The third kappa shape index (κ3) is 2.79. The highest BCUT2D eigenvalue weighted by molar-refractivity contribution is 6.18. The lowest BCUT2D eigenvalue weighted by Gasteiger charge is -2.28. The molecule has 1 N–H and O–H groups in total. The molecule has 0 fully saturated rings. The van der Waals surface area contributed by atoms with Crippen molar-refractivity contribution in [3.05, 3.63) is 58.7 Å². The van der Waals surface area contributed by atoms with Crippen molar-refractivity contribution in [1.29, 1.82) is 0 Å². The van der Waals surface area contributed by atoms with Crippen molar-refractivity contribution < 1.29 is 24.2 Å². The molecule has 0 bridgehead atoms. The number of fused-ring (bicyclic) bond motifs is 2. The summed E-state index contributed by atoms with van der Waals surface area (Å²) in [6.45, 7) is 5.15. The van der Waals surface area contributed by atoms with Crippen molar-refractivity contribution >= 4 is 17.5 Å². The van der Waals surface area contributed by atoms with Crippen molar-refractivity contribution in [3.8, 4) is 11.5 Å². The zero-order chi connectivity index (χ0) is 19.0. The number of carbonyl (C=O) groups is 3. The molecule has 0 heterocycles. The first-order chi connectivity index (χ1) is 12.4. The molecule has 1 atom stereocenters. The highest BCUT2D eigenvalue weighted by atomic mass is 16.5. The maximum absolute atomic E-state index is 13.1. The van der Waals surface area contributed by atoms with E-state index in [9.17, 15) is 19.5 Å². The maximum atomic E-state index is 13.1. The number of Topliss-reactive ketones (excluding diaryl/α,β-unsaturated/α-hetero) is 1. The van der Waals surface area contributed by atoms with Crippen LogP contribution in [-0.4, -0.2) is 22.6 Å². The number of benzene rings is 2. The summed E-state index contributed by atoms with van der Waals surface area (Å²) in [5.74, 6) is -2.08. The maximum Gasteiger partial charge on any atom is 0.313 e. The van der Waals surface area contributed by atoms with E-state index in [1.54, 1.807) is 45.0 Å². The summed E-state index contributed by atoms with van der Waals surface area (Å²) < 4.78 is 5.41. The average molecular weight is 352 g/mol. The van der Waals surface area contributed by atoms with Gasteiger partial charge >= 0.3 is 5.97 Å². The molecule has 0 radical (unpaired) electrons. The van der Waals surface area contributed by atoms with Gasteiger partial charge in [-0.1, -0.05) is 45.0 Å². The number of phenolic OH excluding ortho intramolecular Hbond substituents is 1. The number of phenols is 1. The number of hydrogen-bond donors (Lipinski definition) is 1. The van der Waals surface area contributed by atoms with E-state index in [2.05, 4.69) is 0 Å². The zero-order valence-electron chi connectivity index (χ0n) is 14.9. The zero-order valence-corrected chi connectivity index (χ0v) is 14.9. The number of ketones is 2. The Labute approximate surface area is 151 Å². The molecule has 1 aliphatic carbocycles. The summed E-state index contributed by atoms with van der Waals surface area (Å²) in [6.07, 6.45) is 0.281. The van der Waals surface area contributed by atoms with Crippen LogP contribution in [0.2, 0.25) is 0 Å². The van der Waals surface area contributed by atoms with Crippen LogP contribution in [0.3, 0.4) is 0 Å². The first-order valence-corrected chi connectivity index (χ1v) is 8.60. The summed E-state index contributed by atoms with van der Waals surface area (Å²) in [5.41, 5.74) is 1.26. The smallest absolute Gasteiger partial charge is 0.313 e. The SMILES string of the molecule is CCC(=O)C1c2cccc(O)c2C(=O)c2c(OC(=O)C(C)C)cccc21. The Balaban J connectivity index is 2.25. The molecule has 0 aromatic heterocycles. The number of rotatable bonds is 4. The largest absolute Gasteiger partial charge is 0.507 e. The summed E-state index contributed by atoms with van der Waals surface area (Å²) in [4.78, 5) is 37.8. The highest BCUT2D eigenvalue weighted by Gasteiger charge is 2.38. The molecule has 26 heavy (non-hydrogen) atoms. The molecule has 0 saturated heterocycles. The highest BCUT2D eigenvalue weighted by Crippen LogP contribution is 2.44. The Hall–Kier alpha value is -2.95. The normalized spacial score (nSPS) is 15.4. The van der Waals surface area contributed by atoms with Gasteiger partial charge in [-0.05, 0) is 23.3 Å². The monoisotopic (exact) mass is 352 g/mol. The molecule has 1 unspecified atom stereocenters. The minimum Gasteiger partial charge on any atom is -0.507 e. The molecule has 2 aromatic carbocycles. The summed E-state index contributed by atoms with van der Waals surface area (Å²) >= 11 is 0. The fourth-order valence-corrected chi connectivity index (χ4v) is 3.23. The second-order valence-corrected chi connectivity index (χ2v) is 6.62. The van der Waals surface area contributed by atoms with Gasteiger partial charge in [0, 0.05) is 6.42 Å². The third-order valence-electron chi connectivity index (χ3n) is 4.56. The number of hydrogen-bond acceptors (Lipinski definition) is 5. The van der Waals surface area contributed by atoms with Crippen molar-refractivity contribution in [1.82, 2.24) is 0 Å². The van der Waals surface area contributed by atoms with Gasteiger partial charge in [-0.15, -0.1) is 0 Å². The third-order valence-corrected chi connectivity index (χ3v) is 4.56. The molecule has 1 aliphatic rings. The van der Waals surface area contributed by atoms with Crippen LogP contribution in [0.1, 0.15) is 60.2 Å². The molecule has 0 saturated carbocycles. The van der Waals surface area contributed by atoms with E-state index >= 15 is 0 Å². The van der Waals surface area contributed by atoms with E-state index in [1.165, 1.54) is 12.1 Å². The molecule has 0 amide bonds. The Morgan fingerprint density at radius 1 is 1.08 bits per heavy atom. The number of carbonyl (C=O) groups excluding carboxylic acids is 3. The minimum atomic E-state index is -0.674. The standard InChI is InChI=1S/C21H20O5/c1-4-14(22)17-12-7-5-9-15(23)18(12)20(24)19-13(17)8-6-10-16(19)26-21(25)11(2)3/h5-11,17,23H,4H2,1-3H3. The summed E-state index contributed by atoms with van der Waals surface area (Å²) in [5, 5.41) is 10.2. The molecule has 0 aliphatic heterocycles. The quantitative estimate of drug-likeness (QED) is 0.671. The van der Waals surface area contributed by atoms with Crippen LogP contribution in [0.15, 0.2) is 36.4 Å². The van der Waals surface area contributed by atoms with Gasteiger partial charge in [0.1, 0.15) is 17.3 Å². The first-order valence-electron chi connectivity index (χ1n) is 8.60. The van der Waals surface area contributed by atoms with Crippen molar-refractivity contribution in [2.24, 2.45) is 5.92 Å². The van der Waals surface area contributed by atoms with Gasteiger partial charge in [0.2, 0.25) is 5.78 Å². The lowest BCUT2D eigenvalue weighted by molar-refractivity contribution is -0.137. The predicted molar refractivity (Wildman–Crippen MR) is 95.6 cm³/mol. The Morgan fingerprint density at radius 2 is 1.69 bits per heavy atom. The molecular formula is C21H20O5. The number of ether oxygens (including phenoxy) is 1. The molecular weight excluding hydrogens is 332 g/mol. The van der Waals surface area contributed by atoms with Gasteiger partial charge in [0.25, 0.3) is 0 Å². The van der Waals surface area contributed by atoms with Gasteiger partial charge < -0.3 is 9.84 Å².